The summed E-state index contributed by atoms with van der Waals surface area (Å²) in [7, 11) is 0. The maximum Gasteiger partial charge on any atom is 0.347 e. The van der Waals surface area contributed by atoms with Gasteiger partial charge in [0, 0.05) is 11.4 Å². The highest BCUT2D eigenvalue weighted by Crippen LogP contribution is 2.22. The van der Waals surface area contributed by atoms with Crippen LogP contribution in [0, 0.1) is 0 Å². The van der Waals surface area contributed by atoms with Crippen LogP contribution in [-0.2, 0) is 0 Å². The highest BCUT2D eigenvalue weighted by molar-refractivity contribution is 5.94. The SMILES string of the molecule is Nc1ccc(OC(=O)c2cc(N)ccc2O)cc1. The number of ether oxygens (including phenoxy) is 1. The van der Waals surface area contributed by atoms with Gasteiger partial charge in [-0.25, -0.2) is 4.79 Å². The Morgan fingerprint density at radius 3 is 2.28 bits per heavy atom. The van der Waals surface area contributed by atoms with Crippen LogP contribution < -0.4 is 16.2 Å². The predicted octanol–water partition coefficient (Wildman–Crippen LogP) is 1.78. The van der Waals surface area contributed by atoms with Crippen molar-refractivity contribution in [2.24, 2.45) is 0 Å². The summed E-state index contributed by atoms with van der Waals surface area (Å²) in [4.78, 5) is 11.8. The van der Waals surface area contributed by atoms with Gasteiger partial charge in [-0.15, -0.1) is 0 Å². The number of hydrogen-bond donors (Lipinski definition) is 3. The molecule has 92 valence electrons. The summed E-state index contributed by atoms with van der Waals surface area (Å²) < 4.78 is 5.08. The van der Waals surface area contributed by atoms with Gasteiger partial charge in [0.1, 0.15) is 17.1 Å². The number of carbonyl (C=O) groups excluding carboxylic acids is 1. The second-order valence-electron chi connectivity index (χ2n) is 3.74. The van der Waals surface area contributed by atoms with Crippen LogP contribution in [0.15, 0.2) is 42.5 Å². The summed E-state index contributed by atoms with van der Waals surface area (Å²) >= 11 is 0. The van der Waals surface area contributed by atoms with Crippen molar-refractivity contribution in [1.82, 2.24) is 0 Å². The molecule has 2 rings (SSSR count). The lowest BCUT2D eigenvalue weighted by atomic mass is 10.2. The van der Waals surface area contributed by atoms with E-state index in [4.69, 9.17) is 16.2 Å². The van der Waals surface area contributed by atoms with Crippen LogP contribution in [-0.4, -0.2) is 11.1 Å². The monoisotopic (exact) mass is 244 g/mol. The Bertz CT molecular complexity index is 579. The number of phenols is 1. The average molecular weight is 244 g/mol. The Balaban J connectivity index is 2.21. The molecule has 0 aliphatic carbocycles. The van der Waals surface area contributed by atoms with Crippen LogP contribution in [0.25, 0.3) is 0 Å². The minimum absolute atomic E-state index is 0.0202. The quantitative estimate of drug-likeness (QED) is 0.323. The van der Waals surface area contributed by atoms with E-state index in [2.05, 4.69) is 0 Å². The fourth-order valence-electron chi connectivity index (χ4n) is 1.42. The Hall–Kier alpha value is -2.69. The number of anilines is 2. The topological polar surface area (TPSA) is 98.6 Å². The highest BCUT2D eigenvalue weighted by Gasteiger charge is 2.13. The van der Waals surface area contributed by atoms with Crippen molar-refractivity contribution in [3.8, 4) is 11.5 Å². The molecular formula is C13H12N2O3. The number of carbonyl (C=O) groups is 1. The second kappa shape index (κ2) is 4.67. The van der Waals surface area contributed by atoms with Crippen LogP contribution in [0.5, 0.6) is 11.5 Å². The summed E-state index contributed by atoms with van der Waals surface area (Å²) in [5.41, 5.74) is 12.0. The lowest BCUT2D eigenvalue weighted by Crippen LogP contribution is -2.09. The van der Waals surface area contributed by atoms with Gasteiger partial charge in [-0.2, -0.15) is 0 Å². The molecule has 0 aromatic heterocycles. The molecule has 0 radical (unpaired) electrons. The van der Waals surface area contributed by atoms with Crippen molar-refractivity contribution in [3.05, 3.63) is 48.0 Å². The molecule has 0 atom stereocenters. The largest absolute Gasteiger partial charge is 0.507 e. The zero-order valence-electron chi connectivity index (χ0n) is 9.46. The maximum atomic E-state index is 11.8. The van der Waals surface area contributed by atoms with Gasteiger partial charge in [0.2, 0.25) is 0 Å². The zero-order chi connectivity index (χ0) is 13.1. The van der Waals surface area contributed by atoms with Gasteiger partial charge < -0.3 is 21.3 Å². The second-order valence-corrected chi connectivity index (χ2v) is 3.74. The molecule has 2 aromatic rings. The summed E-state index contributed by atoms with van der Waals surface area (Å²) in [6, 6.07) is 10.6. The molecule has 0 heterocycles. The number of nitrogens with two attached hydrogens (primary N) is 2. The Morgan fingerprint density at radius 2 is 1.61 bits per heavy atom. The lowest BCUT2D eigenvalue weighted by Gasteiger charge is -2.06. The first-order valence-electron chi connectivity index (χ1n) is 5.22. The van der Waals surface area contributed by atoms with Gasteiger partial charge in [0.15, 0.2) is 0 Å². The van der Waals surface area contributed by atoms with Crippen molar-refractivity contribution < 1.29 is 14.6 Å². The minimum atomic E-state index is -0.676. The third-order valence-corrected chi connectivity index (χ3v) is 2.33. The number of hydrogen-bond acceptors (Lipinski definition) is 5. The summed E-state index contributed by atoms with van der Waals surface area (Å²) in [5.74, 6) is -0.509. The molecule has 0 fully saturated rings. The summed E-state index contributed by atoms with van der Waals surface area (Å²) in [6.07, 6.45) is 0. The van der Waals surface area contributed by atoms with E-state index in [9.17, 15) is 9.90 Å². The maximum absolute atomic E-state index is 11.8. The molecule has 5 heteroatoms. The van der Waals surface area contributed by atoms with Crippen molar-refractivity contribution >= 4 is 17.3 Å². The molecule has 0 unspecified atom stereocenters. The molecule has 5 N–H and O–H groups in total. The van der Waals surface area contributed by atoms with Gasteiger partial charge in [0.05, 0.1) is 0 Å². The molecule has 0 aliphatic rings. The number of phenolic OH excluding ortho intramolecular Hbond substituents is 1. The summed E-state index contributed by atoms with van der Waals surface area (Å²) in [5, 5.41) is 9.55. The first kappa shape index (κ1) is 11.8. The van der Waals surface area contributed by atoms with Gasteiger partial charge in [-0.3, -0.25) is 0 Å². The van der Waals surface area contributed by atoms with Crippen molar-refractivity contribution in [3.63, 3.8) is 0 Å². The van der Waals surface area contributed by atoms with Crippen molar-refractivity contribution in [2.75, 3.05) is 11.5 Å². The molecule has 0 amide bonds. The Kier molecular flexibility index (Phi) is 3.05. The smallest absolute Gasteiger partial charge is 0.347 e. The Labute approximate surface area is 104 Å². The van der Waals surface area contributed by atoms with Gasteiger partial charge in [0.25, 0.3) is 0 Å². The van der Waals surface area contributed by atoms with E-state index in [0.717, 1.165) is 0 Å². The van der Waals surface area contributed by atoms with E-state index < -0.39 is 5.97 Å². The van der Waals surface area contributed by atoms with E-state index in [1.54, 1.807) is 24.3 Å². The van der Waals surface area contributed by atoms with Crippen LogP contribution in [0.3, 0.4) is 0 Å². The highest BCUT2D eigenvalue weighted by atomic mass is 16.5. The molecule has 0 spiro atoms. The zero-order valence-corrected chi connectivity index (χ0v) is 9.46. The lowest BCUT2D eigenvalue weighted by molar-refractivity contribution is 0.0732. The normalized spacial score (nSPS) is 10.0. The fraction of sp³-hybridized carbons (Fsp3) is 0. The van der Waals surface area contributed by atoms with E-state index in [1.807, 2.05) is 0 Å². The van der Waals surface area contributed by atoms with E-state index in [1.165, 1.54) is 18.2 Å². The molecule has 0 saturated heterocycles. The standard InChI is InChI=1S/C13H12N2O3/c14-8-1-4-10(5-2-8)18-13(17)11-7-9(15)3-6-12(11)16/h1-7,16H,14-15H2. The number of rotatable bonds is 2. The van der Waals surface area contributed by atoms with Crippen molar-refractivity contribution in [2.45, 2.75) is 0 Å². The average Bonchev–Trinajstić information content (AvgIpc) is 2.35. The van der Waals surface area contributed by atoms with Crippen LogP contribution in [0.4, 0.5) is 11.4 Å². The number of esters is 1. The van der Waals surface area contributed by atoms with Crippen LogP contribution in [0.1, 0.15) is 10.4 Å². The molecule has 18 heavy (non-hydrogen) atoms. The third kappa shape index (κ3) is 2.52. The minimum Gasteiger partial charge on any atom is -0.507 e. The van der Waals surface area contributed by atoms with Gasteiger partial charge >= 0.3 is 5.97 Å². The number of benzene rings is 2. The molecule has 2 aromatic carbocycles. The van der Waals surface area contributed by atoms with Crippen molar-refractivity contribution in [1.29, 1.82) is 0 Å². The van der Waals surface area contributed by atoms with E-state index >= 15 is 0 Å². The fourth-order valence-corrected chi connectivity index (χ4v) is 1.42. The van der Waals surface area contributed by atoms with Crippen LogP contribution >= 0.6 is 0 Å². The molecule has 5 nitrogen and oxygen atoms in total. The molecule has 0 saturated carbocycles. The van der Waals surface area contributed by atoms with Crippen LogP contribution in [0.2, 0.25) is 0 Å². The predicted molar refractivity (Wildman–Crippen MR) is 68.3 cm³/mol. The van der Waals surface area contributed by atoms with E-state index in [0.29, 0.717) is 17.1 Å². The number of nitrogen functional groups attached to an aromatic ring is 2. The van der Waals surface area contributed by atoms with E-state index in [-0.39, 0.29) is 11.3 Å². The number of aromatic hydroxyl groups is 1. The van der Waals surface area contributed by atoms with Gasteiger partial charge in [-0.1, -0.05) is 0 Å². The first-order chi connectivity index (χ1) is 8.56. The van der Waals surface area contributed by atoms with Gasteiger partial charge in [-0.05, 0) is 42.5 Å². The molecular weight excluding hydrogens is 232 g/mol. The third-order valence-electron chi connectivity index (χ3n) is 2.33. The molecule has 0 bridgehead atoms. The molecule has 0 aliphatic heterocycles. The Morgan fingerprint density at radius 1 is 1.00 bits per heavy atom. The summed E-state index contributed by atoms with van der Waals surface area (Å²) in [6.45, 7) is 0. The first-order valence-corrected chi connectivity index (χ1v) is 5.22.